The van der Waals surface area contributed by atoms with Gasteiger partial charge in [-0.3, -0.25) is 9.59 Å². The van der Waals surface area contributed by atoms with E-state index in [1.165, 1.54) is 7.11 Å². The predicted molar refractivity (Wildman–Crippen MR) is 87.6 cm³/mol. The second kappa shape index (κ2) is 10.2. The van der Waals surface area contributed by atoms with Crippen LogP contribution in [0.15, 0.2) is 18.5 Å². The zero-order chi connectivity index (χ0) is 18.8. The first-order valence-corrected chi connectivity index (χ1v) is 7.75. The van der Waals surface area contributed by atoms with E-state index >= 15 is 0 Å². The number of aromatic amines is 1. The summed E-state index contributed by atoms with van der Waals surface area (Å²) >= 11 is 0. The summed E-state index contributed by atoms with van der Waals surface area (Å²) in [7, 11) is 1.37. The first-order chi connectivity index (χ1) is 11.9. The molecule has 0 spiro atoms. The van der Waals surface area contributed by atoms with E-state index in [1.54, 1.807) is 32.3 Å². The number of hydrogen-bond donors (Lipinski definition) is 2. The van der Waals surface area contributed by atoms with Gasteiger partial charge in [-0.25, -0.2) is 4.79 Å². The van der Waals surface area contributed by atoms with E-state index < -0.39 is 29.8 Å². The molecule has 0 aliphatic carbocycles. The molecule has 1 aromatic heterocycles. The number of nitrogens with one attached hydrogen (secondary N) is 2. The minimum absolute atomic E-state index is 0.00567. The van der Waals surface area contributed by atoms with Crippen LogP contribution in [0.2, 0.25) is 0 Å². The number of Topliss-reactive ketones (excluding diaryl/α,β-unsaturated/α-hetero) is 1. The van der Waals surface area contributed by atoms with E-state index in [9.17, 15) is 14.4 Å². The number of esters is 1. The Balaban J connectivity index is 2.83. The van der Waals surface area contributed by atoms with Crippen LogP contribution >= 0.6 is 0 Å². The van der Waals surface area contributed by atoms with Gasteiger partial charge in [0.2, 0.25) is 5.78 Å². The number of hydrogen-bond acceptors (Lipinski definition) is 5. The Labute approximate surface area is 145 Å². The van der Waals surface area contributed by atoms with Crippen molar-refractivity contribution < 1.29 is 28.6 Å². The zero-order valence-electron chi connectivity index (χ0n) is 14.4. The minimum atomic E-state index is -1.03. The number of carbonyl (C=O) groups excluding carboxylic acids is 3. The molecular formula is C16H22N4O5. The molecule has 1 aromatic rings. The average molecular weight is 350 g/mol. The van der Waals surface area contributed by atoms with Crippen LogP contribution < -0.4 is 5.32 Å². The summed E-state index contributed by atoms with van der Waals surface area (Å²) in [5, 5.41) is 2.55. The smallest absolute Gasteiger partial charge is 0.328 e. The number of carbonyl (C=O) groups is 3. The summed E-state index contributed by atoms with van der Waals surface area (Å²) in [6.45, 7) is 3.36. The number of aromatic nitrogens is 1. The van der Waals surface area contributed by atoms with Crippen LogP contribution in [0.3, 0.4) is 0 Å². The lowest BCUT2D eigenvalue weighted by Gasteiger charge is -2.21. The molecule has 1 rings (SSSR count). The number of ether oxygens (including phenoxy) is 2. The van der Waals surface area contributed by atoms with Gasteiger partial charge >= 0.3 is 12.2 Å². The fourth-order valence-corrected chi connectivity index (χ4v) is 2.12. The molecule has 0 aliphatic heterocycles. The number of methoxy groups -OCH3 is 1. The molecule has 9 heteroatoms. The summed E-state index contributed by atoms with van der Waals surface area (Å²) in [6.07, 6.45) is 2.63. The van der Waals surface area contributed by atoms with Crippen molar-refractivity contribution in [2.75, 3.05) is 7.11 Å². The Morgan fingerprint density at radius 2 is 2.12 bits per heavy atom. The van der Waals surface area contributed by atoms with Gasteiger partial charge in [-0.15, -0.1) is 0 Å². The van der Waals surface area contributed by atoms with E-state index in [2.05, 4.69) is 15.1 Å². The van der Waals surface area contributed by atoms with Crippen molar-refractivity contribution in [1.29, 1.82) is 0 Å². The summed E-state index contributed by atoms with van der Waals surface area (Å²) in [5.41, 5.74) is 8.95. The largest absolute Gasteiger partial charge is 0.461 e. The second-order valence-electron chi connectivity index (χ2n) is 5.56. The van der Waals surface area contributed by atoms with Gasteiger partial charge in [-0.2, -0.15) is 4.79 Å². The van der Waals surface area contributed by atoms with Gasteiger partial charge in [-0.05, 0) is 26.3 Å². The molecule has 0 unspecified atom stereocenters. The molecule has 136 valence electrons. The van der Waals surface area contributed by atoms with Crippen molar-refractivity contribution in [2.24, 2.45) is 0 Å². The molecule has 0 aromatic carbocycles. The van der Waals surface area contributed by atoms with Gasteiger partial charge < -0.3 is 25.3 Å². The Morgan fingerprint density at radius 1 is 1.40 bits per heavy atom. The third kappa shape index (κ3) is 6.70. The molecule has 1 heterocycles. The first-order valence-electron chi connectivity index (χ1n) is 7.75. The third-order valence-electron chi connectivity index (χ3n) is 3.23. The number of nitrogens with zero attached hydrogens (tertiary/aromatic N) is 2. The highest BCUT2D eigenvalue weighted by Crippen LogP contribution is 2.16. The monoisotopic (exact) mass is 350 g/mol. The highest BCUT2D eigenvalue weighted by Gasteiger charge is 2.28. The average Bonchev–Trinajstić information content (AvgIpc) is 3.05. The van der Waals surface area contributed by atoms with Gasteiger partial charge in [0.25, 0.3) is 5.91 Å². The molecule has 2 N–H and O–H groups in total. The minimum Gasteiger partial charge on any atom is -0.461 e. The number of H-pyrrole nitrogens is 1. The normalized spacial score (nSPS) is 12.8. The van der Waals surface area contributed by atoms with Crippen molar-refractivity contribution >= 4 is 23.9 Å². The van der Waals surface area contributed by atoms with Crippen LogP contribution in [0.4, 0.5) is 0 Å². The summed E-state index contributed by atoms with van der Waals surface area (Å²) in [6, 6.07) is 0.652. The number of amides is 1. The molecule has 0 aliphatic rings. The molecule has 0 bridgehead atoms. The summed E-state index contributed by atoms with van der Waals surface area (Å²) in [5.74, 6) is -1.66. The van der Waals surface area contributed by atoms with E-state index in [4.69, 9.17) is 15.0 Å². The fraction of sp³-hybridized carbons (Fsp3) is 0.500. The van der Waals surface area contributed by atoms with Crippen molar-refractivity contribution in [2.45, 2.75) is 44.9 Å². The molecule has 0 fully saturated rings. The van der Waals surface area contributed by atoms with Crippen LogP contribution in [0, 0.1) is 0 Å². The zero-order valence-corrected chi connectivity index (χ0v) is 14.4. The maximum atomic E-state index is 12.4. The predicted octanol–water partition coefficient (Wildman–Crippen LogP) is 0.788. The van der Waals surface area contributed by atoms with Gasteiger partial charge in [0.05, 0.1) is 6.10 Å². The van der Waals surface area contributed by atoms with E-state index in [0.717, 1.165) is 6.21 Å². The maximum absolute atomic E-state index is 12.4. The van der Waals surface area contributed by atoms with Crippen LogP contribution in [0.1, 0.15) is 38.4 Å². The fourth-order valence-electron chi connectivity index (χ4n) is 2.12. The van der Waals surface area contributed by atoms with Gasteiger partial charge in [-0.1, -0.05) is 0 Å². The second-order valence-corrected chi connectivity index (χ2v) is 5.56. The quantitative estimate of drug-likeness (QED) is 0.278. The lowest BCUT2D eigenvalue weighted by molar-refractivity contribution is -0.152. The van der Waals surface area contributed by atoms with Crippen molar-refractivity contribution in [3.63, 3.8) is 0 Å². The highest BCUT2D eigenvalue weighted by molar-refractivity contribution is 6.25. The maximum Gasteiger partial charge on any atom is 0.328 e. The van der Waals surface area contributed by atoms with Gasteiger partial charge in [0.1, 0.15) is 6.04 Å². The van der Waals surface area contributed by atoms with Crippen LogP contribution in [-0.2, 0) is 23.9 Å². The third-order valence-corrected chi connectivity index (χ3v) is 3.23. The van der Waals surface area contributed by atoms with Gasteiger partial charge in [0, 0.05) is 31.5 Å². The Hall–Kier alpha value is -2.77. The highest BCUT2D eigenvalue weighted by atomic mass is 16.5. The Kier molecular flexibility index (Phi) is 8.25. The van der Waals surface area contributed by atoms with Crippen molar-refractivity contribution in [3.05, 3.63) is 29.6 Å². The topological polar surface area (TPSA) is 134 Å². The Morgan fingerprint density at radius 3 is 2.64 bits per heavy atom. The number of ketones is 1. The van der Waals surface area contributed by atoms with Crippen molar-refractivity contribution in [3.8, 4) is 0 Å². The molecular weight excluding hydrogens is 328 g/mol. The Bertz CT molecular complexity index is 635. The molecule has 9 nitrogen and oxygen atoms in total. The molecule has 1 amide bonds. The molecule has 2 atom stereocenters. The van der Waals surface area contributed by atoms with Crippen LogP contribution in [0.5, 0.6) is 0 Å². The van der Waals surface area contributed by atoms with E-state index in [-0.39, 0.29) is 18.9 Å². The standard InChI is InChI=1S/C16H22N4O5/c1-10(2)25-16(23)13(5-4-12(21)9-19-17)20-15(22)14(24-3)11-6-7-18-8-11/h6-10,13-14,18H,4-5H2,1-3H3,(H,20,22)/t13-,14+/m0/s1. The van der Waals surface area contributed by atoms with E-state index in [1.807, 2.05) is 0 Å². The SMILES string of the molecule is CO[C@@H](C(=O)N[C@@H](CCC(=O)C=[N+]=[N-])C(=O)OC(C)C)c1cc[nH]c1. The first kappa shape index (κ1) is 20.3. The number of rotatable bonds is 10. The molecule has 0 radical (unpaired) electrons. The lowest BCUT2D eigenvalue weighted by Crippen LogP contribution is -2.45. The molecule has 0 saturated heterocycles. The van der Waals surface area contributed by atoms with Crippen LogP contribution in [-0.4, -0.2) is 52.9 Å². The summed E-state index contributed by atoms with van der Waals surface area (Å²) < 4.78 is 10.3. The summed E-state index contributed by atoms with van der Waals surface area (Å²) in [4.78, 5) is 41.5. The van der Waals surface area contributed by atoms with Gasteiger partial charge in [0.15, 0.2) is 6.10 Å². The lowest BCUT2D eigenvalue weighted by atomic mass is 10.1. The van der Waals surface area contributed by atoms with E-state index in [0.29, 0.717) is 5.56 Å². The van der Waals surface area contributed by atoms with Crippen molar-refractivity contribution in [1.82, 2.24) is 10.3 Å². The molecule has 25 heavy (non-hydrogen) atoms. The van der Waals surface area contributed by atoms with Crippen LogP contribution in [0.25, 0.3) is 5.53 Å². The molecule has 0 saturated carbocycles.